The van der Waals surface area contributed by atoms with E-state index < -0.39 is 10.8 Å². The highest BCUT2D eigenvalue weighted by atomic mass is 16.2. The van der Waals surface area contributed by atoms with Gasteiger partial charge in [-0.1, -0.05) is 48.5 Å². The van der Waals surface area contributed by atoms with E-state index in [4.69, 9.17) is 0 Å². The molecule has 212 valence electrons. The van der Waals surface area contributed by atoms with E-state index in [1.165, 1.54) is 0 Å². The van der Waals surface area contributed by atoms with E-state index >= 15 is 0 Å². The summed E-state index contributed by atoms with van der Waals surface area (Å²) in [6.07, 6.45) is 12.8. The SMILES string of the molecule is CC1C(=O)[C@@H]2[C@@H]3CC(C)(C)CC[C@]3(C(=O)n3ccnc3)CC[C@@]2(C)[C@]2(C)CC[C@@H]3C(=C12)C=C(C#N)C(=O)C3(C)C. The first-order valence-electron chi connectivity index (χ1n) is 15.1. The molecule has 7 atom stereocenters. The van der Waals surface area contributed by atoms with E-state index in [1.807, 2.05) is 19.9 Å². The number of aromatic nitrogens is 2. The second kappa shape index (κ2) is 8.37. The number of nitriles is 1. The Morgan fingerprint density at radius 1 is 1.05 bits per heavy atom. The number of hydrogen-bond acceptors (Lipinski definition) is 5. The lowest BCUT2D eigenvalue weighted by atomic mass is 9.35. The van der Waals surface area contributed by atoms with Crippen molar-refractivity contribution in [1.82, 2.24) is 9.55 Å². The van der Waals surface area contributed by atoms with Gasteiger partial charge in [0, 0.05) is 29.6 Å². The van der Waals surface area contributed by atoms with Crippen molar-refractivity contribution in [3.8, 4) is 6.07 Å². The van der Waals surface area contributed by atoms with Gasteiger partial charge in [0.15, 0.2) is 5.78 Å². The molecule has 0 aliphatic heterocycles. The van der Waals surface area contributed by atoms with E-state index in [-0.39, 0.29) is 63.0 Å². The summed E-state index contributed by atoms with van der Waals surface area (Å²) < 4.78 is 1.65. The second-order valence-corrected chi connectivity index (χ2v) is 15.4. The van der Waals surface area contributed by atoms with Crippen molar-refractivity contribution in [2.24, 2.45) is 50.7 Å². The first-order valence-corrected chi connectivity index (χ1v) is 15.1. The van der Waals surface area contributed by atoms with Gasteiger partial charge in [0.1, 0.15) is 18.2 Å². The summed E-state index contributed by atoms with van der Waals surface area (Å²) in [5, 5.41) is 9.87. The van der Waals surface area contributed by atoms with Crippen molar-refractivity contribution < 1.29 is 14.4 Å². The van der Waals surface area contributed by atoms with Crippen LogP contribution >= 0.6 is 0 Å². The average molecular weight is 542 g/mol. The predicted octanol–water partition coefficient (Wildman–Crippen LogP) is 6.74. The van der Waals surface area contributed by atoms with Crippen LogP contribution in [0.25, 0.3) is 0 Å². The number of Topliss-reactive ketones (excluding diaryl/α,β-unsaturated/α-hetero) is 2. The maximum atomic E-state index is 14.8. The number of imidazole rings is 1. The molecule has 1 unspecified atom stereocenters. The Bertz CT molecular complexity index is 1420. The Labute approximate surface area is 238 Å². The summed E-state index contributed by atoms with van der Waals surface area (Å²) in [6, 6.07) is 2.17. The van der Waals surface area contributed by atoms with Crippen LogP contribution in [-0.4, -0.2) is 27.0 Å². The first kappa shape index (κ1) is 27.4. The monoisotopic (exact) mass is 541 g/mol. The summed E-state index contributed by atoms with van der Waals surface area (Å²) in [6.45, 7) is 15.2. The number of ketones is 2. The van der Waals surface area contributed by atoms with E-state index in [0.717, 1.165) is 56.1 Å². The lowest BCUT2D eigenvalue weighted by molar-refractivity contribution is -0.170. The van der Waals surface area contributed by atoms with Crippen LogP contribution in [0.2, 0.25) is 0 Å². The summed E-state index contributed by atoms with van der Waals surface area (Å²) >= 11 is 0. The molecule has 0 bridgehead atoms. The zero-order chi connectivity index (χ0) is 29.0. The normalized spacial score (nSPS) is 41.6. The first-order chi connectivity index (χ1) is 18.6. The third kappa shape index (κ3) is 3.27. The van der Waals surface area contributed by atoms with E-state index in [2.05, 4.69) is 45.7 Å². The number of nitrogens with zero attached hydrogens (tertiary/aromatic N) is 3. The van der Waals surface area contributed by atoms with Crippen molar-refractivity contribution in [3.05, 3.63) is 41.5 Å². The van der Waals surface area contributed by atoms with Gasteiger partial charge in [-0.2, -0.15) is 5.26 Å². The van der Waals surface area contributed by atoms with Crippen molar-refractivity contribution >= 4 is 17.5 Å². The van der Waals surface area contributed by atoms with Gasteiger partial charge in [-0.05, 0) is 90.2 Å². The molecular formula is C34H43N3O3. The molecule has 6 heteroatoms. The standard InChI is InChI=1S/C34H43N3O3/c1-20-25-22-16-21(18-35)28(39)31(4,5)23(22)8-9-32(25,6)33(7)11-13-34(29(40)37-15-14-36-19-37)12-10-30(2,3)17-24(34)26(33)27(20)38/h14-16,19-20,23-24,26H,8-13,17H2,1-7H3/t20?,23-,24+,26+,32-,33-,34+/m1/s1. The molecule has 5 aliphatic rings. The Hall–Kier alpha value is -2.81. The van der Waals surface area contributed by atoms with Crippen molar-refractivity contribution in [3.63, 3.8) is 0 Å². The maximum absolute atomic E-state index is 14.8. The number of allylic oxidation sites excluding steroid dienone is 4. The van der Waals surface area contributed by atoms with E-state index in [9.17, 15) is 19.6 Å². The molecule has 5 aliphatic carbocycles. The number of carbonyl (C=O) groups excluding carboxylic acids is 3. The number of hydrogen-bond donors (Lipinski definition) is 0. The molecule has 3 fully saturated rings. The summed E-state index contributed by atoms with van der Waals surface area (Å²) in [7, 11) is 0. The van der Waals surface area contributed by atoms with Crippen LogP contribution in [0, 0.1) is 62.1 Å². The molecule has 0 radical (unpaired) electrons. The molecule has 6 nitrogen and oxygen atoms in total. The third-order valence-electron chi connectivity index (χ3n) is 12.8. The molecule has 3 saturated carbocycles. The van der Waals surface area contributed by atoms with Crippen LogP contribution in [0.5, 0.6) is 0 Å². The highest BCUT2D eigenvalue weighted by Crippen LogP contribution is 2.73. The molecule has 6 rings (SSSR count). The lowest BCUT2D eigenvalue weighted by Crippen LogP contribution is -2.66. The van der Waals surface area contributed by atoms with Gasteiger partial charge < -0.3 is 0 Å². The quantitative estimate of drug-likeness (QED) is 0.392. The molecule has 0 saturated heterocycles. The molecule has 40 heavy (non-hydrogen) atoms. The number of fused-ring (bicyclic) bond motifs is 6. The molecule has 1 aromatic rings. The molecule has 1 heterocycles. The van der Waals surface area contributed by atoms with Gasteiger partial charge in [0.25, 0.3) is 0 Å². The minimum absolute atomic E-state index is 0.00897. The topological polar surface area (TPSA) is 92.8 Å². The molecule has 1 aromatic heterocycles. The van der Waals surface area contributed by atoms with Crippen LogP contribution in [0.1, 0.15) is 98.2 Å². The second-order valence-electron chi connectivity index (χ2n) is 15.4. The zero-order valence-corrected chi connectivity index (χ0v) is 25.1. The number of rotatable bonds is 1. The van der Waals surface area contributed by atoms with E-state index in [0.29, 0.717) is 0 Å². The summed E-state index contributed by atoms with van der Waals surface area (Å²) in [5.74, 6) is -0.297. The smallest absolute Gasteiger partial charge is 0.238 e. The highest BCUT2D eigenvalue weighted by Gasteiger charge is 2.70. The molecule has 0 amide bonds. The van der Waals surface area contributed by atoms with Gasteiger partial charge in [-0.15, -0.1) is 0 Å². The van der Waals surface area contributed by atoms with Crippen LogP contribution < -0.4 is 0 Å². The maximum Gasteiger partial charge on any atom is 0.238 e. The Balaban J connectivity index is 1.54. The molecular weight excluding hydrogens is 498 g/mol. The fourth-order valence-corrected chi connectivity index (χ4v) is 10.3. The van der Waals surface area contributed by atoms with E-state index in [1.54, 1.807) is 23.3 Å². The fraction of sp³-hybridized carbons (Fsp3) is 0.676. The van der Waals surface area contributed by atoms with Gasteiger partial charge in [-0.3, -0.25) is 19.0 Å². The minimum Gasteiger partial charge on any atom is -0.299 e. The van der Waals surface area contributed by atoms with Gasteiger partial charge in [-0.25, -0.2) is 4.98 Å². The average Bonchev–Trinajstić information content (AvgIpc) is 3.43. The van der Waals surface area contributed by atoms with Crippen molar-refractivity contribution in [2.75, 3.05) is 0 Å². The van der Waals surface area contributed by atoms with Crippen LogP contribution in [0.4, 0.5) is 0 Å². The van der Waals surface area contributed by atoms with Crippen LogP contribution in [0.3, 0.4) is 0 Å². The van der Waals surface area contributed by atoms with Gasteiger partial charge in [0.2, 0.25) is 5.91 Å². The largest absolute Gasteiger partial charge is 0.299 e. The van der Waals surface area contributed by atoms with Crippen molar-refractivity contribution in [1.29, 1.82) is 5.26 Å². The summed E-state index contributed by atoms with van der Waals surface area (Å²) in [5.41, 5.74) is 0.680. The highest BCUT2D eigenvalue weighted by molar-refractivity contribution is 6.05. The predicted molar refractivity (Wildman–Crippen MR) is 152 cm³/mol. The zero-order valence-electron chi connectivity index (χ0n) is 25.1. The number of carbonyl (C=O) groups is 3. The van der Waals surface area contributed by atoms with Crippen LogP contribution in [-0.2, 0) is 9.59 Å². The minimum atomic E-state index is -0.670. The Morgan fingerprint density at radius 2 is 1.75 bits per heavy atom. The molecule has 0 aromatic carbocycles. The Morgan fingerprint density at radius 3 is 2.40 bits per heavy atom. The molecule has 0 N–H and O–H groups in total. The Kier molecular flexibility index (Phi) is 5.72. The van der Waals surface area contributed by atoms with Gasteiger partial charge in [0.05, 0.1) is 11.0 Å². The third-order valence-corrected chi connectivity index (χ3v) is 12.8. The molecule has 0 spiro atoms. The lowest BCUT2D eigenvalue weighted by Gasteiger charge is -2.68. The van der Waals surface area contributed by atoms with Gasteiger partial charge >= 0.3 is 0 Å². The fourth-order valence-electron chi connectivity index (χ4n) is 10.3. The van der Waals surface area contributed by atoms with Crippen LogP contribution in [0.15, 0.2) is 41.5 Å². The van der Waals surface area contributed by atoms with Crippen molar-refractivity contribution in [2.45, 2.75) is 93.4 Å². The summed E-state index contributed by atoms with van der Waals surface area (Å²) in [4.78, 5) is 46.4.